The lowest BCUT2D eigenvalue weighted by Crippen LogP contribution is -2.61. The molecule has 7 nitrogen and oxygen atoms in total. The molecular weight excluding hydrogens is 576 g/mol. The molecule has 0 saturated carbocycles. The molecule has 7 heteroatoms. The van der Waals surface area contributed by atoms with Crippen molar-refractivity contribution in [2.24, 2.45) is 5.41 Å². The second-order valence-corrected chi connectivity index (χ2v) is 16.3. The fourth-order valence-corrected chi connectivity index (χ4v) is 5.93. The van der Waals surface area contributed by atoms with Crippen LogP contribution in [0.5, 0.6) is 5.75 Å². The second-order valence-electron chi connectivity index (χ2n) is 16.3. The van der Waals surface area contributed by atoms with Crippen LogP contribution in [-0.2, 0) is 42.9 Å². The SMILES string of the molecule is C=C1C(=O)OC(C)(C(Nc2cc(C(C)(C)C)c(O)c(C(C)(C)C)c2)N(CCCCCC)Cc2ccc(CC(C)(C)C)cc2)OC1=O. The van der Waals surface area contributed by atoms with Gasteiger partial charge in [-0.25, -0.2) is 9.59 Å². The molecule has 1 unspecified atom stereocenters. The number of nitrogens with zero attached hydrogens (tertiary/aromatic N) is 1. The maximum absolute atomic E-state index is 12.9. The van der Waals surface area contributed by atoms with Crippen LogP contribution in [0.15, 0.2) is 48.6 Å². The number of nitrogens with one attached hydrogen (secondary N) is 1. The monoisotopic (exact) mass is 634 g/mol. The van der Waals surface area contributed by atoms with Crippen molar-refractivity contribution < 1.29 is 24.2 Å². The van der Waals surface area contributed by atoms with E-state index < -0.39 is 23.9 Å². The molecule has 0 aromatic heterocycles. The Morgan fingerprint density at radius 1 is 0.848 bits per heavy atom. The Labute approximate surface area is 277 Å². The smallest absolute Gasteiger partial charge is 0.348 e. The number of carbonyl (C=O) groups excluding carboxylic acids is 2. The zero-order valence-corrected chi connectivity index (χ0v) is 30.2. The number of phenolic OH excluding ortho intramolecular Hbond substituents is 1. The third-order valence-electron chi connectivity index (χ3n) is 8.42. The number of rotatable bonds is 12. The van der Waals surface area contributed by atoms with E-state index in [4.69, 9.17) is 9.47 Å². The Hall–Kier alpha value is -3.32. The molecule has 0 aliphatic carbocycles. The Bertz CT molecular complexity index is 1330. The van der Waals surface area contributed by atoms with Crippen LogP contribution in [-0.4, -0.2) is 40.4 Å². The van der Waals surface area contributed by atoms with E-state index in [2.05, 4.69) is 110 Å². The van der Waals surface area contributed by atoms with E-state index in [1.807, 2.05) is 12.1 Å². The molecule has 1 aliphatic heterocycles. The van der Waals surface area contributed by atoms with Crippen LogP contribution in [0.25, 0.3) is 0 Å². The summed E-state index contributed by atoms with van der Waals surface area (Å²) in [4.78, 5) is 28.0. The lowest BCUT2D eigenvalue weighted by Gasteiger charge is -2.45. The second kappa shape index (κ2) is 14.2. The molecule has 0 amide bonds. The first-order chi connectivity index (χ1) is 21.1. The van der Waals surface area contributed by atoms with Crippen molar-refractivity contribution in [3.63, 3.8) is 0 Å². The van der Waals surface area contributed by atoms with E-state index in [0.29, 0.717) is 13.1 Å². The number of ether oxygens (including phenoxy) is 2. The number of aromatic hydroxyl groups is 1. The summed E-state index contributed by atoms with van der Waals surface area (Å²) in [6.07, 6.45) is 4.38. The number of hydrogen-bond acceptors (Lipinski definition) is 7. The number of hydrogen-bond donors (Lipinski definition) is 2. The number of phenols is 1. The number of anilines is 1. The van der Waals surface area contributed by atoms with Gasteiger partial charge in [-0.15, -0.1) is 0 Å². The highest BCUT2D eigenvalue weighted by Crippen LogP contribution is 2.42. The molecule has 3 rings (SSSR count). The number of esters is 2. The fraction of sp³-hybridized carbons (Fsp3) is 0.590. The normalized spacial score (nSPS) is 16.3. The summed E-state index contributed by atoms with van der Waals surface area (Å²) in [7, 11) is 0. The quantitative estimate of drug-likeness (QED) is 0.0603. The summed E-state index contributed by atoms with van der Waals surface area (Å²) >= 11 is 0. The molecule has 1 aliphatic rings. The van der Waals surface area contributed by atoms with Gasteiger partial charge in [0.25, 0.3) is 5.79 Å². The van der Waals surface area contributed by atoms with Crippen molar-refractivity contribution >= 4 is 17.6 Å². The molecule has 0 radical (unpaired) electrons. The minimum atomic E-state index is -1.66. The predicted octanol–water partition coefficient (Wildman–Crippen LogP) is 8.77. The lowest BCUT2D eigenvalue weighted by molar-refractivity contribution is -0.246. The third-order valence-corrected chi connectivity index (χ3v) is 8.42. The molecule has 1 saturated heterocycles. The average Bonchev–Trinajstić information content (AvgIpc) is 2.91. The van der Waals surface area contributed by atoms with E-state index in [1.165, 1.54) is 5.56 Å². The summed E-state index contributed by atoms with van der Waals surface area (Å²) in [6, 6.07) is 12.5. The average molecular weight is 635 g/mol. The summed E-state index contributed by atoms with van der Waals surface area (Å²) in [5.74, 6) is -2.97. The van der Waals surface area contributed by atoms with Crippen molar-refractivity contribution in [2.75, 3.05) is 11.9 Å². The molecule has 2 aromatic rings. The number of unbranched alkanes of at least 4 members (excludes halogenated alkanes) is 3. The van der Waals surface area contributed by atoms with Crippen LogP contribution in [0.2, 0.25) is 0 Å². The molecule has 1 fully saturated rings. The third kappa shape index (κ3) is 9.60. The first kappa shape index (κ1) is 37.1. The summed E-state index contributed by atoms with van der Waals surface area (Å²) in [5.41, 5.74) is 3.84. The zero-order valence-electron chi connectivity index (χ0n) is 30.2. The molecule has 46 heavy (non-hydrogen) atoms. The highest BCUT2D eigenvalue weighted by atomic mass is 16.7. The van der Waals surface area contributed by atoms with Gasteiger partial charge >= 0.3 is 11.9 Å². The molecule has 254 valence electrons. The van der Waals surface area contributed by atoms with Crippen molar-refractivity contribution in [2.45, 2.75) is 138 Å². The molecule has 1 heterocycles. The van der Waals surface area contributed by atoms with Gasteiger partial charge in [0.1, 0.15) is 11.3 Å². The van der Waals surface area contributed by atoms with Gasteiger partial charge in [0.05, 0.1) is 0 Å². The maximum Gasteiger partial charge on any atom is 0.348 e. The van der Waals surface area contributed by atoms with Gasteiger partial charge in [-0.1, -0.05) is 119 Å². The van der Waals surface area contributed by atoms with Crippen LogP contribution in [0, 0.1) is 5.41 Å². The van der Waals surface area contributed by atoms with Gasteiger partial charge in [-0.3, -0.25) is 4.90 Å². The predicted molar refractivity (Wildman–Crippen MR) is 187 cm³/mol. The molecule has 0 spiro atoms. The van der Waals surface area contributed by atoms with Crippen molar-refractivity contribution in [1.82, 2.24) is 4.90 Å². The van der Waals surface area contributed by atoms with E-state index in [9.17, 15) is 14.7 Å². The Morgan fingerprint density at radius 3 is 1.80 bits per heavy atom. The number of benzene rings is 2. The Balaban J connectivity index is 2.15. The minimum absolute atomic E-state index is 0.178. The van der Waals surface area contributed by atoms with Crippen molar-refractivity contribution in [1.29, 1.82) is 0 Å². The molecular formula is C39H58N2O5. The van der Waals surface area contributed by atoms with Gasteiger partial charge in [0.2, 0.25) is 0 Å². The van der Waals surface area contributed by atoms with Crippen LogP contribution >= 0.6 is 0 Å². The van der Waals surface area contributed by atoms with E-state index >= 15 is 0 Å². The van der Waals surface area contributed by atoms with Gasteiger partial charge in [-0.05, 0) is 52.3 Å². The molecule has 1 atom stereocenters. The topological polar surface area (TPSA) is 88.1 Å². The standard InChI is InChI=1S/C39H58N2O5/c1-13-14-15-16-21-41(25-28-19-17-27(18-20-28)24-36(3,4)5)35(39(12)45-33(43)26(2)34(44)46-39)40-29-22-30(37(6,7)8)32(42)31(23-29)38(9,10)11/h17-20,22-23,35,40,42H,2,13-16,21,24-25H2,1,3-12H3. The van der Waals surface area contributed by atoms with Gasteiger partial charge in [0, 0.05) is 36.8 Å². The molecule has 2 N–H and O–H groups in total. The Morgan fingerprint density at radius 2 is 1.35 bits per heavy atom. The van der Waals surface area contributed by atoms with E-state index in [1.54, 1.807) is 6.92 Å². The van der Waals surface area contributed by atoms with Gasteiger partial charge < -0.3 is 19.9 Å². The zero-order chi connectivity index (χ0) is 34.7. The Kier molecular flexibility index (Phi) is 11.5. The summed E-state index contributed by atoms with van der Waals surface area (Å²) in [5, 5.41) is 15.0. The van der Waals surface area contributed by atoms with Crippen LogP contribution in [0.4, 0.5) is 5.69 Å². The molecule has 2 aromatic carbocycles. The van der Waals surface area contributed by atoms with E-state index in [0.717, 1.165) is 54.5 Å². The first-order valence-corrected chi connectivity index (χ1v) is 16.8. The fourth-order valence-electron chi connectivity index (χ4n) is 5.93. The highest BCUT2D eigenvalue weighted by molar-refractivity contribution is 6.14. The van der Waals surface area contributed by atoms with Crippen LogP contribution in [0.3, 0.4) is 0 Å². The maximum atomic E-state index is 12.9. The summed E-state index contributed by atoms with van der Waals surface area (Å²) in [6.45, 7) is 27.7. The molecule has 0 bridgehead atoms. The van der Waals surface area contributed by atoms with Crippen LogP contribution < -0.4 is 5.32 Å². The van der Waals surface area contributed by atoms with Crippen molar-refractivity contribution in [3.05, 3.63) is 70.8 Å². The van der Waals surface area contributed by atoms with Gasteiger partial charge in [-0.2, -0.15) is 0 Å². The van der Waals surface area contributed by atoms with Gasteiger partial charge in [0.15, 0.2) is 6.17 Å². The number of carbonyl (C=O) groups is 2. The van der Waals surface area contributed by atoms with E-state index in [-0.39, 0.29) is 27.6 Å². The summed E-state index contributed by atoms with van der Waals surface area (Å²) < 4.78 is 11.8. The minimum Gasteiger partial charge on any atom is -0.507 e. The first-order valence-electron chi connectivity index (χ1n) is 16.8. The van der Waals surface area contributed by atoms with Crippen molar-refractivity contribution in [3.8, 4) is 5.75 Å². The highest BCUT2D eigenvalue weighted by Gasteiger charge is 2.50. The lowest BCUT2D eigenvalue weighted by atomic mass is 9.79. The number of cyclic esters (lactones) is 2. The largest absolute Gasteiger partial charge is 0.507 e. The van der Waals surface area contributed by atoms with Crippen LogP contribution in [0.1, 0.15) is 124 Å².